The van der Waals surface area contributed by atoms with Crippen LogP contribution < -0.4 is 10.3 Å². The first-order valence-corrected chi connectivity index (χ1v) is 8.80. The number of nitrogens with one attached hydrogen (secondary N) is 1. The van der Waals surface area contributed by atoms with Crippen LogP contribution in [0.15, 0.2) is 40.0 Å². The monoisotopic (exact) mass is 370 g/mol. The highest BCUT2D eigenvalue weighted by molar-refractivity contribution is 6.40. The molecule has 1 amide bonds. The summed E-state index contributed by atoms with van der Waals surface area (Å²) in [6.45, 7) is 5.57. The van der Waals surface area contributed by atoms with Gasteiger partial charge < -0.3 is 14.9 Å². The summed E-state index contributed by atoms with van der Waals surface area (Å²) >= 11 is 0. The Labute approximate surface area is 156 Å². The van der Waals surface area contributed by atoms with Crippen molar-refractivity contribution < 1.29 is 19.2 Å². The number of amides is 1. The highest BCUT2D eigenvalue weighted by Crippen LogP contribution is 2.27. The Morgan fingerprint density at radius 2 is 2.04 bits per heavy atom. The molecular weight excluding hydrogens is 348 g/mol. The molecule has 0 aliphatic carbocycles. The lowest BCUT2D eigenvalue weighted by Crippen LogP contribution is -2.36. The normalized spacial score (nSPS) is 17.5. The summed E-state index contributed by atoms with van der Waals surface area (Å²) in [5, 5.41) is 22.1. The number of carbonyl (C=O) groups is 2. The third kappa shape index (κ3) is 3.69. The van der Waals surface area contributed by atoms with Gasteiger partial charge in [0, 0.05) is 12.0 Å². The molecule has 2 atom stereocenters. The number of carboxylic acid groups (broad SMARTS) is 1. The molecule has 2 aromatic rings. The Hall–Kier alpha value is -3.16. The van der Waals surface area contributed by atoms with E-state index >= 15 is 0 Å². The maximum absolute atomic E-state index is 12.8. The Kier molecular flexibility index (Phi) is 5.25. The van der Waals surface area contributed by atoms with E-state index in [9.17, 15) is 14.7 Å². The first-order chi connectivity index (χ1) is 12.9. The summed E-state index contributed by atoms with van der Waals surface area (Å²) < 4.78 is 5.19. The van der Waals surface area contributed by atoms with Crippen LogP contribution in [0.4, 0.5) is 5.69 Å². The fraction of sp³-hybridized carbons (Fsp3) is 0.368. The average Bonchev–Trinajstić information content (AvgIpc) is 3.25. The van der Waals surface area contributed by atoms with Gasteiger partial charge in [-0.05, 0) is 32.4 Å². The van der Waals surface area contributed by atoms with Crippen LogP contribution >= 0.6 is 0 Å². The van der Waals surface area contributed by atoms with Gasteiger partial charge in [-0.25, -0.2) is 4.79 Å². The Bertz CT molecular complexity index is 856. The number of hydrazone groups is 1. The molecule has 0 bridgehead atoms. The van der Waals surface area contributed by atoms with Crippen LogP contribution in [0.1, 0.15) is 42.8 Å². The second-order valence-corrected chi connectivity index (χ2v) is 6.46. The number of aliphatic carboxylic acids is 1. The minimum Gasteiger partial charge on any atom is -0.480 e. The van der Waals surface area contributed by atoms with Gasteiger partial charge in [0.1, 0.15) is 11.5 Å². The highest BCUT2D eigenvalue weighted by atomic mass is 16.5. The standard InChI is InChI=1S/C19H22N4O4/c1-4-14(17-11(2)22-27-12(17)3)20-18(24)15-10-16(19(25)26)23(21-15)13-8-6-5-7-9-13/h5-9,14,16H,4,10H2,1-3H3,(H,20,24)(H,25,26). The van der Waals surface area contributed by atoms with E-state index in [2.05, 4.69) is 15.6 Å². The predicted octanol–water partition coefficient (Wildman–Crippen LogP) is 2.58. The zero-order valence-corrected chi connectivity index (χ0v) is 15.5. The largest absolute Gasteiger partial charge is 0.480 e. The third-order valence-corrected chi connectivity index (χ3v) is 4.63. The molecule has 8 nitrogen and oxygen atoms in total. The SMILES string of the molecule is CCC(NC(=O)C1=NN(c2ccccc2)C(C(=O)O)C1)c1c(C)noc1C. The molecule has 1 aromatic carbocycles. The number of hydrogen-bond donors (Lipinski definition) is 2. The lowest BCUT2D eigenvalue weighted by atomic mass is 10.0. The van der Waals surface area contributed by atoms with Gasteiger partial charge in [0.15, 0.2) is 6.04 Å². The van der Waals surface area contributed by atoms with E-state index in [1.807, 2.05) is 19.9 Å². The Morgan fingerprint density at radius 3 is 2.59 bits per heavy atom. The minimum atomic E-state index is -1.02. The van der Waals surface area contributed by atoms with Crippen molar-refractivity contribution in [1.82, 2.24) is 10.5 Å². The summed E-state index contributed by atoms with van der Waals surface area (Å²) in [5.74, 6) is -0.753. The molecule has 1 aromatic heterocycles. The number of anilines is 1. The molecule has 3 rings (SSSR count). The van der Waals surface area contributed by atoms with Crippen molar-refractivity contribution in [2.45, 2.75) is 45.7 Å². The van der Waals surface area contributed by atoms with Crippen molar-refractivity contribution in [2.75, 3.05) is 5.01 Å². The van der Waals surface area contributed by atoms with E-state index in [-0.39, 0.29) is 24.1 Å². The van der Waals surface area contributed by atoms with Crippen molar-refractivity contribution in [2.24, 2.45) is 5.10 Å². The average molecular weight is 370 g/mol. The van der Waals surface area contributed by atoms with E-state index in [4.69, 9.17) is 4.52 Å². The van der Waals surface area contributed by atoms with Crippen LogP contribution in [0.25, 0.3) is 0 Å². The Morgan fingerprint density at radius 1 is 1.33 bits per heavy atom. The van der Waals surface area contributed by atoms with Crippen molar-refractivity contribution >= 4 is 23.3 Å². The molecule has 1 aliphatic rings. The molecule has 0 saturated heterocycles. The number of para-hydroxylation sites is 1. The van der Waals surface area contributed by atoms with E-state index in [0.29, 0.717) is 17.9 Å². The molecule has 0 spiro atoms. The topological polar surface area (TPSA) is 108 Å². The first-order valence-electron chi connectivity index (χ1n) is 8.80. The number of carboxylic acids is 1. The van der Waals surface area contributed by atoms with Crippen LogP contribution in [0.5, 0.6) is 0 Å². The van der Waals surface area contributed by atoms with Crippen LogP contribution in [-0.4, -0.2) is 33.9 Å². The Balaban J connectivity index is 1.82. The lowest BCUT2D eigenvalue weighted by Gasteiger charge is -2.19. The number of aryl methyl sites for hydroxylation is 2. The molecule has 142 valence electrons. The van der Waals surface area contributed by atoms with Gasteiger partial charge in [0.05, 0.1) is 17.4 Å². The van der Waals surface area contributed by atoms with Crippen LogP contribution in [0.3, 0.4) is 0 Å². The van der Waals surface area contributed by atoms with Crippen molar-refractivity contribution in [3.05, 3.63) is 47.3 Å². The summed E-state index contributed by atoms with van der Waals surface area (Å²) in [7, 11) is 0. The fourth-order valence-electron chi connectivity index (χ4n) is 3.27. The molecule has 2 unspecified atom stereocenters. The molecule has 8 heteroatoms. The molecule has 2 N–H and O–H groups in total. The van der Waals surface area contributed by atoms with Gasteiger partial charge in [0.2, 0.25) is 0 Å². The zero-order valence-electron chi connectivity index (χ0n) is 15.5. The maximum Gasteiger partial charge on any atom is 0.328 e. The summed E-state index contributed by atoms with van der Waals surface area (Å²) in [6, 6.07) is 7.77. The number of aromatic nitrogens is 1. The summed E-state index contributed by atoms with van der Waals surface area (Å²) in [6.07, 6.45) is 0.681. The molecule has 27 heavy (non-hydrogen) atoms. The number of hydrogen-bond acceptors (Lipinski definition) is 6. The van der Waals surface area contributed by atoms with E-state index in [0.717, 1.165) is 11.3 Å². The first kappa shape index (κ1) is 18.6. The number of rotatable bonds is 6. The summed E-state index contributed by atoms with van der Waals surface area (Å²) in [4.78, 5) is 24.4. The predicted molar refractivity (Wildman–Crippen MR) is 99.5 cm³/mol. The maximum atomic E-state index is 12.8. The van der Waals surface area contributed by atoms with E-state index < -0.39 is 12.0 Å². The highest BCUT2D eigenvalue weighted by Gasteiger charge is 2.36. The van der Waals surface area contributed by atoms with Gasteiger partial charge in [-0.15, -0.1) is 0 Å². The molecular formula is C19H22N4O4. The van der Waals surface area contributed by atoms with Gasteiger partial charge in [-0.1, -0.05) is 30.3 Å². The molecule has 0 saturated carbocycles. The number of carbonyl (C=O) groups excluding carboxylic acids is 1. The van der Waals surface area contributed by atoms with Crippen molar-refractivity contribution in [3.63, 3.8) is 0 Å². The molecule has 2 heterocycles. The van der Waals surface area contributed by atoms with Crippen molar-refractivity contribution in [3.8, 4) is 0 Å². The molecule has 0 radical (unpaired) electrons. The van der Waals surface area contributed by atoms with E-state index in [1.54, 1.807) is 31.2 Å². The van der Waals surface area contributed by atoms with Crippen molar-refractivity contribution in [1.29, 1.82) is 0 Å². The second kappa shape index (κ2) is 7.61. The quantitative estimate of drug-likeness (QED) is 0.809. The van der Waals surface area contributed by atoms with Gasteiger partial charge in [0.25, 0.3) is 5.91 Å². The van der Waals surface area contributed by atoms with Gasteiger partial charge in [-0.3, -0.25) is 9.80 Å². The van der Waals surface area contributed by atoms with Crippen LogP contribution in [-0.2, 0) is 9.59 Å². The molecule has 1 aliphatic heterocycles. The number of nitrogens with zero attached hydrogens (tertiary/aromatic N) is 3. The van der Waals surface area contributed by atoms with Gasteiger partial charge >= 0.3 is 5.97 Å². The molecule has 0 fully saturated rings. The third-order valence-electron chi connectivity index (χ3n) is 4.63. The smallest absolute Gasteiger partial charge is 0.328 e. The van der Waals surface area contributed by atoms with Crippen LogP contribution in [0, 0.1) is 13.8 Å². The lowest BCUT2D eigenvalue weighted by molar-refractivity contribution is -0.138. The number of benzene rings is 1. The second-order valence-electron chi connectivity index (χ2n) is 6.46. The van der Waals surface area contributed by atoms with Gasteiger partial charge in [-0.2, -0.15) is 5.10 Å². The summed E-state index contributed by atoms with van der Waals surface area (Å²) in [5.41, 5.74) is 2.39. The van der Waals surface area contributed by atoms with Crippen LogP contribution in [0.2, 0.25) is 0 Å². The van der Waals surface area contributed by atoms with E-state index in [1.165, 1.54) is 5.01 Å². The fourth-order valence-corrected chi connectivity index (χ4v) is 3.27. The minimum absolute atomic E-state index is 0.0358. The zero-order chi connectivity index (χ0) is 19.6.